The lowest BCUT2D eigenvalue weighted by Crippen LogP contribution is -2.61. The summed E-state index contributed by atoms with van der Waals surface area (Å²) in [6.07, 6.45) is 5.85. The van der Waals surface area contributed by atoms with Gasteiger partial charge in [-0.3, -0.25) is 9.69 Å². The summed E-state index contributed by atoms with van der Waals surface area (Å²) < 4.78 is 0. The van der Waals surface area contributed by atoms with E-state index in [9.17, 15) is 4.79 Å². The fraction of sp³-hybridized carbons (Fsp3) is 0.933. The van der Waals surface area contributed by atoms with Crippen LogP contribution in [-0.4, -0.2) is 59.5 Å². The van der Waals surface area contributed by atoms with E-state index in [2.05, 4.69) is 29.0 Å². The Morgan fingerprint density at radius 3 is 2.32 bits per heavy atom. The maximum absolute atomic E-state index is 12.7. The number of fused-ring (bicyclic) bond motifs is 2. The standard InChI is InChI=1S/C15H27N3O/c1-11(2)17-9-12-6-7-13(10-17)18(12)15(19)14-5-3-4-8-16-14/h11-14,16H,3-10H2,1-2H3. The minimum Gasteiger partial charge on any atom is -0.333 e. The van der Waals surface area contributed by atoms with Gasteiger partial charge in [-0.2, -0.15) is 0 Å². The monoisotopic (exact) mass is 265 g/mol. The number of piperidine rings is 1. The minimum absolute atomic E-state index is 0.0995. The molecule has 4 heteroatoms. The summed E-state index contributed by atoms with van der Waals surface area (Å²) in [7, 11) is 0. The van der Waals surface area contributed by atoms with Crippen molar-refractivity contribution in [1.82, 2.24) is 15.1 Å². The molecule has 3 rings (SSSR count). The second-order valence-corrected chi connectivity index (χ2v) is 6.68. The van der Waals surface area contributed by atoms with Gasteiger partial charge in [-0.25, -0.2) is 0 Å². The van der Waals surface area contributed by atoms with Crippen LogP contribution in [0.4, 0.5) is 0 Å². The third-order valence-electron chi connectivity index (χ3n) is 5.10. The largest absolute Gasteiger partial charge is 0.333 e. The van der Waals surface area contributed by atoms with Gasteiger partial charge in [0.1, 0.15) is 0 Å². The summed E-state index contributed by atoms with van der Waals surface area (Å²) >= 11 is 0. The van der Waals surface area contributed by atoms with E-state index in [1.54, 1.807) is 0 Å². The molecule has 19 heavy (non-hydrogen) atoms. The fourth-order valence-electron chi connectivity index (χ4n) is 3.96. The Hall–Kier alpha value is -0.610. The van der Waals surface area contributed by atoms with Crippen molar-refractivity contribution in [2.24, 2.45) is 0 Å². The molecule has 2 bridgehead atoms. The SMILES string of the molecule is CC(C)N1CC2CCC(C1)N2C(=O)C1CCCCN1. The van der Waals surface area contributed by atoms with Gasteiger partial charge in [0.25, 0.3) is 0 Å². The number of rotatable bonds is 2. The first-order valence-corrected chi connectivity index (χ1v) is 7.96. The first-order valence-electron chi connectivity index (χ1n) is 7.96. The van der Waals surface area contributed by atoms with E-state index in [4.69, 9.17) is 0 Å². The van der Waals surface area contributed by atoms with Crippen LogP contribution in [0.3, 0.4) is 0 Å². The van der Waals surface area contributed by atoms with Crippen LogP contribution in [0.5, 0.6) is 0 Å². The minimum atomic E-state index is 0.0995. The maximum atomic E-state index is 12.7. The van der Waals surface area contributed by atoms with Crippen LogP contribution in [0, 0.1) is 0 Å². The van der Waals surface area contributed by atoms with E-state index in [-0.39, 0.29) is 6.04 Å². The summed E-state index contributed by atoms with van der Waals surface area (Å²) in [6, 6.07) is 1.64. The van der Waals surface area contributed by atoms with Crippen LogP contribution < -0.4 is 5.32 Å². The van der Waals surface area contributed by atoms with Gasteiger partial charge < -0.3 is 10.2 Å². The number of hydrogen-bond acceptors (Lipinski definition) is 3. The Bertz CT molecular complexity index is 324. The molecule has 4 nitrogen and oxygen atoms in total. The zero-order valence-corrected chi connectivity index (χ0v) is 12.3. The highest BCUT2D eigenvalue weighted by atomic mass is 16.2. The van der Waals surface area contributed by atoms with E-state index in [0.29, 0.717) is 24.0 Å². The molecule has 0 spiro atoms. The fourth-order valence-corrected chi connectivity index (χ4v) is 3.96. The first-order chi connectivity index (χ1) is 9.16. The second kappa shape index (κ2) is 5.41. The Morgan fingerprint density at radius 2 is 1.79 bits per heavy atom. The van der Waals surface area contributed by atoms with Gasteiger partial charge in [0.2, 0.25) is 5.91 Å². The van der Waals surface area contributed by atoms with Crippen molar-refractivity contribution in [1.29, 1.82) is 0 Å². The lowest BCUT2D eigenvalue weighted by Gasteiger charge is -2.44. The molecule has 3 heterocycles. The number of amides is 1. The number of carbonyl (C=O) groups is 1. The van der Waals surface area contributed by atoms with Gasteiger partial charge in [0.15, 0.2) is 0 Å². The summed E-state index contributed by atoms with van der Waals surface area (Å²) in [5, 5.41) is 3.41. The highest BCUT2D eigenvalue weighted by Crippen LogP contribution is 2.32. The van der Waals surface area contributed by atoms with Crippen LogP contribution in [0.1, 0.15) is 46.0 Å². The smallest absolute Gasteiger partial charge is 0.240 e. The van der Waals surface area contributed by atoms with Crippen LogP contribution in [0.2, 0.25) is 0 Å². The van der Waals surface area contributed by atoms with Gasteiger partial charge in [-0.15, -0.1) is 0 Å². The second-order valence-electron chi connectivity index (χ2n) is 6.68. The molecule has 0 aromatic heterocycles. The van der Waals surface area contributed by atoms with Gasteiger partial charge >= 0.3 is 0 Å². The third kappa shape index (κ3) is 2.52. The predicted molar refractivity (Wildman–Crippen MR) is 76.0 cm³/mol. The number of nitrogens with zero attached hydrogens (tertiary/aromatic N) is 2. The zero-order valence-electron chi connectivity index (χ0n) is 12.3. The van der Waals surface area contributed by atoms with Crippen molar-refractivity contribution in [2.75, 3.05) is 19.6 Å². The van der Waals surface area contributed by atoms with Gasteiger partial charge in [-0.1, -0.05) is 6.42 Å². The van der Waals surface area contributed by atoms with Crippen molar-refractivity contribution < 1.29 is 4.79 Å². The molecule has 3 aliphatic rings. The van der Waals surface area contributed by atoms with Gasteiger partial charge in [0, 0.05) is 31.2 Å². The number of likely N-dealkylation sites (tertiary alicyclic amines) is 1. The van der Waals surface area contributed by atoms with E-state index < -0.39 is 0 Å². The van der Waals surface area contributed by atoms with E-state index in [0.717, 1.165) is 26.1 Å². The molecule has 3 atom stereocenters. The number of carbonyl (C=O) groups excluding carboxylic acids is 1. The molecule has 1 N–H and O–H groups in total. The topological polar surface area (TPSA) is 35.6 Å². The predicted octanol–water partition coefficient (Wildman–Crippen LogP) is 1.21. The Balaban J connectivity index is 1.67. The van der Waals surface area contributed by atoms with Crippen molar-refractivity contribution in [2.45, 2.75) is 70.1 Å². The number of hydrogen-bond donors (Lipinski definition) is 1. The van der Waals surface area contributed by atoms with Crippen molar-refractivity contribution >= 4 is 5.91 Å². The molecule has 3 aliphatic heterocycles. The number of nitrogens with one attached hydrogen (secondary N) is 1. The Labute approximate surface area is 116 Å². The molecule has 1 amide bonds. The van der Waals surface area contributed by atoms with E-state index >= 15 is 0 Å². The van der Waals surface area contributed by atoms with Crippen LogP contribution in [-0.2, 0) is 4.79 Å². The zero-order chi connectivity index (χ0) is 13.4. The maximum Gasteiger partial charge on any atom is 0.240 e. The Morgan fingerprint density at radius 1 is 1.11 bits per heavy atom. The lowest BCUT2D eigenvalue weighted by molar-refractivity contribution is -0.140. The third-order valence-corrected chi connectivity index (χ3v) is 5.10. The molecule has 0 aliphatic carbocycles. The molecule has 3 unspecified atom stereocenters. The first kappa shape index (κ1) is 13.4. The average molecular weight is 265 g/mol. The molecular formula is C15H27N3O. The highest BCUT2D eigenvalue weighted by Gasteiger charge is 2.44. The van der Waals surface area contributed by atoms with Crippen molar-refractivity contribution in [3.8, 4) is 0 Å². The average Bonchev–Trinajstić information content (AvgIpc) is 2.68. The van der Waals surface area contributed by atoms with Gasteiger partial charge in [0.05, 0.1) is 6.04 Å². The number of piperazine rings is 1. The molecule has 3 fully saturated rings. The summed E-state index contributed by atoms with van der Waals surface area (Å²) in [4.78, 5) is 17.5. The van der Waals surface area contributed by atoms with Crippen LogP contribution in [0.25, 0.3) is 0 Å². The molecular weight excluding hydrogens is 238 g/mol. The van der Waals surface area contributed by atoms with Gasteiger partial charge in [-0.05, 0) is 46.1 Å². The van der Waals surface area contributed by atoms with Crippen molar-refractivity contribution in [3.05, 3.63) is 0 Å². The van der Waals surface area contributed by atoms with E-state index in [1.807, 2.05) is 0 Å². The molecule has 108 valence electrons. The summed E-state index contributed by atoms with van der Waals surface area (Å²) in [5.41, 5.74) is 0. The van der Waals surface area contributed by atoms with Crippen LogP contribution >= 0.6 is 0 Å². The summed E-state index contributed by atoms with van der Waals surface area (Å²) in [5.74, 6) is 0.385. The molecule has 0 saturated carbocycles. The van der Waals surface area contributed by atoms with E-state index in [1.165, 1.54) is 25.7 Å². The lowest BCUT2D eigenvalue weighted by atomic mass is 10.0. The molecule has 0 aromatic carbocycles. The molecule has 3 saturated heterocycles. The Kier molecular flexibility index (Phi) is 3.81. The highest BCUT2D eigenvalue weighted by molar-refractivity contribution is 5.83. The van der Waals surface area contributed by atoms with Crippen LogP contribution in [0.15, 0.2) is 0 Å². The summed E-state index contributed by atoms with van der Waals surface area (Å²) in [6.45, 7) is 7.69. The molecule has 0 aromatic rings. The molecule has 0 radical (unpaired) electrons. The quantitative estimate of drug-likeness (QED) is 0.815. The van der Waals surface area contributed by atoms with Crippen molar-refractivity contribution in [3.63, 3.8) is 0 Å². The normalized spacial score (nSPS) is 35.9.